The van der Waals surface area contributed by atoms with Gasteiger partial charge in [-0.2, -0.15) is 0 Å². The number of nitrogens with one attached hydrogen (secondary N) is 2. The summed E-state index contributed by atoms with van der Waals surface area (Å²) in [6.45, 7) is 2.75. The smallest absolute Gasteiger partial charge is 0.191 e. The minimum absolute atomic E-state index is 0.246. The number of fused-ring (bicyclic) bond motifs is 1. The predicted molar refractivity (Wildman–Crippen MR) is 102 cm³/mol. The number of ether oxygens (including phenoxy) is 1. The second-order valence-electron chi connectivity index (χ2n) is 6.48. The van der Waals surface area contributed by atoms with Crippen LogP contribution in [-0.2, 0) is 17.7 Å². The van der Waals surface area contributed by atoms with Gasteiger partial charge in [-0.25, -0.2) is 4.99 Å². The summed E-state index contributed by atoms with van der Waals surface area (Å²) in [4.78, 5) is 4.68. The molecule has 0 amide bonds. The van der Waals surface area contributed by atoms with E-state index in [-0.39, 0.29) is 6.10 Å². The molecule has 0 radical (unpaired) electrons. The van der Waals surface area contributed by atoms with Gasteiger partial charge >= 0.3 is 0 Å². The molecule has 142 valence electrons. The first-order valence-corrected chi connectivity index (χ1v) is 9.33. The Labute approximate surface area is 157 Å². The van der Waals surface area contributed by atoms with Crippen LogP contribution >= 0.6 is 0 Å². The summed E-state index contributed by atoms with van der Waals surface area (Å²) >= 11 is 0. The van der Waals surface area contributed by atoms with Crippen molar-refractivity contribution in [3.8, 4) is 0 Å². The zero-order chi connectivity index (χ0) is 18.3. The van der Waals surface area contributed by atoms with Gasteiger partial charge in [0.25, 0.3) is 0 Å². The van der Waals surface area contributed by atoms with Gasteiger partial charge in [0, 0.05) is 32.3 Å². The van der Waals surface area contributed by atoms with Crippen LogP contribution in [0.3, 0.4) is 0 Å². The van der Waals surface area contributed by atoms with E-state index in [4.69, 9.17) is 9.15 Å². The first kappa shape index (κ1) is 17.5. The fourth-order valence-electron chi connectivity index (χ4n) is 3.10. The lowest BCUT2D eigenvalue weighted by molar-refractivity contribution is 0.114. The zero-order valence-corrected chi connectivity index (χ0v) is 15.2. The molecular weight excluding hydrogens is 344 g/mol. The number of furan rings is 1. The maximum atomic E-state index is 5.69. The molecule has 0 bridgehead atoms. The van der Waals surface area contributed by atoms with Crippen LogP contribution in [0, 0.1) is 0 Å². The lowest BCUT2D eigenvalue weighted by atomic mass is 10.2. The Hall–Kier alpha value is -2.87. The van der Waals surface area contributed by atoms with E-state index in [1.54, 1.807) is 6.26 Å². The first-order chi connectivity index (χ1) is 13.4. The highest BCUT2D eigenvalue weighted by Crippen LogP contribution is 2.10. The molecule has 0 spiro atoms. The molecule has 2 N–H and O–H groups in total. The van der Waals surface area contributed by atoms with Crippen molar-refractivity contribution in [2.24, 2.45) is 4.99 Å². The minimum atomic E-state index is 0.246. The molecule has 27 heavy (non-hydrogen) atoms. The zero-order valence-electron chi connectivity index (χ0n) is 15.2. The first-order valence-electron chi connectivity index (χ1n) is 9.33. The summed E-state index contributed by atoms with van der Waals surface area (Å²) in [6, 6.07) is 9.71. The SMILES string of the molecule is c1coc(CCNC(=NCc2nnc3ccccn23)NCC2CCCO2)c1. The van der Waals surface area contributed by atoms with Crippen LogP contribution in [0.2, 0.25) is 0 Å². The molecule has 3 aromatic heterocycles. The number of nitrogens with zero attached hydrogens (tertiary/aromatic N) is 4. The van der Waals surface area contributed by atoms with Crippen LogP contribution in [0.1, 0.15) is 24.4 Å². The van der Waals surface area contributed by atoms with Gasteiger partial charge in [0.2, 0.25) is 0 Å². The van der Waals surface area contributed by atoms with E-state index in [1.807, 2.05) is 40.9 Å². The van der Waals surface area contributed by atoms with Crippen molar-refractivity contribution < 1.29 is 9.15 Å². The van der Waals surface area contributed by atoms with Gasteiger partial charge in [0.1, 0.15) is 12.3 Å². The summed E-state index contributed by atoms with van der Waals surface area (Å²) in [5, 5.41) is 15.1. The van der Waals surface area contributed by atoms with Crippen LogP contribution in [-0.4, -0.2) is 46.4 Å². The molecule has 0 saturated carbocycles. The number of aliphatic imine (C=N–C) groups is 1. The summed E-state index contributed by atoms with van der Waals surface area (Å²) in [6.07, 6.45) is 6.89. The Kier molecular flexibility index (Phi) is 5.64. The van der Waals surface area contributed by atoms with Crippen molar-refractivity contribution >= 4 is 11.6 Å². The molecule has 1 atom stereocenters. The fourth-order valence-corrected chi connectivity index (χ4v) is 3.10. The molecular formula is C19H24N6O2. The molecule has 8 nitrogen and oxygen atoms in total. The topological polar surface area (TPSA) is 89.0 Å². The Balaban J connectivity index is 1.39. The van der Waals surface area contributed by atoms with Crippen molar-refractivity contribution in [2.45, 2.75) is 31.9 Å². The third-order valence-electron chi connectivity index (χ3n) is 4.53. The predicted octanol–water partition coefficient (Wildman–Crippen LogP) is 1.78. The van der Waals surface area contributed by atoms with E-state index >= 15 is 0 Å². The van der Waals surface area contributed by atoms with Gasteiger partial charge in [-0.05, 0) is 37.1 Å². The van der Waals surface area contributed by atoms with E-state index in [1.165, 1.54) is 0 Å². The van der Waals surface area contributed by atoms with Gasteiger partial charge < -0.3 is 19.8 Å². The highest BCUT2D eigenvalue weighted by Gasteiger charge is 2.15. The molecule has 1 aliphatic rings. The molecule has 1 saturated heterocycles. The average Bonchev–Trinajstić information content (AvgIpc) is 3.46. The van der Waals surface area contributed by atoms with Crippen LogP contribution in [0.5, 0.6) is 0 Å². The number of aromatic nitrogens is 3. The standard InChI is InChI=1S/C19H24N6O2/c1-2-10-25-17(7-1)23-24-18(25)14-22-19(21-13-16-6-4-12-27-16)20-9-8-15-5-3-11-26-15/h1-3,5,7,10-11,16H,4,6,8-9,12-14H2,(H2,20,21,22). The molecule has 0 aromatic carbocycles. The summed E-state index contributed by atoms with van der Waals surface area (Å²) in [5.74, 6) is 2.49. The number of guanidine groups is 1. The maximum absolute atomic E-state index is 5.69. The van der Waals surface area contributed by atoms with Gasteiger partial charge in [-0.1, -0.05) is 6.07 Å². The highest BCUT2D eigenvalue weighted by molar-refractivity contribution is 5.79. The van der Waals surface area contributed by atoms with E-state index in [9.17, 15) is 0 Å². The fraction of sp³-hybridized carbons (Fsp3) is 0.421. The van der Waals surface area contributed by atoms with E-state index in [0.29, 0.717) is 6.54 Å². The average molecular weight is 368 g/mol. The monoisotopic (exact) mass is 368 g/mol. The molecule has 4 rings (SSSR count). The van der Waals surface area contributed by atoms with E-state index in [2.05, 4.69) is 25.8 Å². The summed E-state index contributed by atoms with van der Waals surface area (Å²) in [7, 11) is 0. The van der Waals surface area contributed by atoms with Gasteiger partial charge in [0.15, 0.2) is 17.4 Å². The van der Waals surface area contributed by atoms with Crippen LogP contribution in [0.15, 0.2) is 52.2 Å². The largest absolute Gasteiger partial charge is 0.469 e. The van der Waals surface area contributed by atoms with E-state index in [0.717, 1.165) is 62.2 Å². The Morgan fingerprint density at radius 3 is 3.07 bits per heavy atom. The quantitative estimate of drug-likeness (QED) is 0.488. The molecule has 1 unspecified atom stereocenters. The molecule has 3 aromatic rings. The Morgan fingerprint density at radius 2 is 2.22 bits per heavy atom. The molecule has 1 fully saturated rings. The molecule has 4 heterocycles. The molecule has 8 heteroatoms. The van der Waals surface area contributed by atoms with Crippen LogP contribution in [0.4, 0.5) is 0 Å². The lowest BCUT2D eigenvalue weighted by Gasteiger charge is -2.15. The van der Waals surface area contributed by atoms with Crippen molar-refractivity contribution in [3.63, 3.8) is 0 Å². The number of pyridine rings is 1. The van der Waals surface area contributed by atoms with Gasteiger partial charge in [-0.15, -0.1) is 10.2 Å². The Bertz CT molecular complexity index is 867. The van der Waals surface area contributed by atoms with Crippen molar-refractivity contribution in [2.75, 3.05) is 19.7 Å². The van der Waals surface area contributed by atoms with Crippen LogP contribution < -0.4 is 10.6 Å². The third-order valence-corrected chi connectivity index (χ3v) is 4.53. The molecule has 0 aliphatic carbocycles. The second kappa shape index (κ2) is 8.68. The van der Waals surface area contributed by atoms with E-state index < -0.39 is 0 Å². The third kappa shape index (κ3) is 4.65. The number of rotatable bonds is 7. The normalized spacial score (nSPS) is 17.5. The minimum Gasteiger partial charge on any atom is -0.469 e. The van der Waals surface area contributed by atoms with Crippen molar-refractivity contribution in [3.05, 3.63) is 54.4 Å². The van der Waals surface area contributed by atoms with Crippen molar-refractivity contribution in [1.29, 1.82) is 0 Å². The van der Waals surface area contributed by atoms with Gasteiger partial charge in [-0.3, -0.25) is 4.40 Å². The number of hydrogen-bond donors (Lipinski definition) is 2. The lowest BCUT2D eigenvalue weighted by Crippen LogP contribution is -2.42. The summed E-state index contributed by atoms with van der Waals surface area (Å²) in [5.41, 5.74) is 0.822. The highest BCUT2D eigenvalue weighted by atomic mass is 16.5. The second-order valence-corrected chi connectivity index (χ2v) is 6.48. The summed E-state index contributed by atoms with van der Waals surface area (Å²) < 4.78 is 13.0. The van der Waals surface area contributed by atoms with Crippen molar-refractivity contribution in [1.82, 2.24) is 25.2 Å². The molecule has 1 aliphatic heterocycles. The van der Waals surface area contributed by atoms with Gasteiger partial charge in [0.05, 0.1) is 12.4 Å². The van der Waals surface area contributed by atoms with Crippen LogP contribution in [0.25, 0.3) is 5.65 Å². The maximum Gasteiger partial charge on any atom is 0.191 e. The Morgan fingerprint density at radius 1 is 1.22 bits per heavy atom. The number of hydrogen-bond acceptors (Lipinski definition) is 5.